The fraction of sp³-hybridized carbons (Fsp3) is 0. The topological polar surface area (TPSA) is 28.7 Å². The molecule has 0 aliphatic rings. The second-order valence-corrected chi connectivity index (χ2v) is 0.761. The van der Waals surface area contributed by atoms with Crippen LogP contribution in [0.1, 0.15) is 0 Å². The van der Waals surface area contributed by atoms with E-state index in [0.717, 1.165) is 0 Å². The first kappa shape index (κ1) is 10.3. The molecule has 1 aromatic rings. The smallest absolute Gasteiger partial charge is 0.0919 e. The van der Waals surface area contributed by atoms with Crippen molar-refractivity contribution in [3.8, 4) is 0 Å². The van der Waals surface area contributed by atoms with Crippen LogP contribution in [0.25, 0.3) is 0 Å². The van der Waals surface area contributed by atoms with Crippen molar-refractivity contribution in [2.45, 2.75) is 0 Å². The molecule has 4 heteroatoms. The third kappa shape index (κ3) is 4.19. The van der Waals surface area contributed by atoms with Crippen LogP contribution in [-0.2, 0) is 0 Å². The molecule has 34 valence electrons. The van der Waals surface area contributed by atoms with Crippen LogP contribution in [-0.4, -0.2) is 46.2 Å². The Balaban J connectivity index is 0. The van der Waals surface area contributed by atoms with Gasteiger partial charge in [-0.2, -0.15) is 0 Å². The van der Waals surface area contributed by atoms with Crippen molar-refractivity contribution in [2.75, 3.05) is 0 Å². The Hall–Kier alpha value is 0.340. The van der Waals surface area contributed by atoms with Crippen molar-refractivity contribution >= 4 is 36.2 Å². The monoisotopic (exact) mass is 106 g/mol. The summed E-state index contributed by atoms with van der Waals surface area (Å²) >= 11 is 0. The Labute approximate surface area is 65.0 Å². The number of hydrogen-bond acceptors (Lipinski definition) is 1. The third-order valence-corrected chi connectivity index (χ3v) is 0.406. The average molecular weight is 106 g/mol. The summed E-state index contributed by atoms with van der Waals surface area (Å²) in [6, 6.07) is 0. The van der Waals surface area contributed by atoms with Gasteiger partial charge in [0, 0.05) is 12.4 Å². The van der Waals surface area contributed by atoms with E-state index in [1.165, 1.54) is 0 Å². The van der Waals surface area contributed by atoms with E-state index in [0.29, 0.717) is 0 Å². The number of hydrogen-bond donors (Lipinski definition) is 1. The maximum Gasteiger partial charge on any atom is 0.0919 e. The van der Waals surface area contributed by atoms with Crippen LogP contribution in [0.3, 0.4) is 0 Å². The summed E-state index contributed by atoms with van der Waals surface area (Å²) < 4.78 is 0. The summed E-state index contributed by atoms with van der Waals surface area (Å²) in [5, 5.41) is 0. The first-order chi connectivity index (χ1) is 2.50. The molecule has 0 saturated heterocycles. The third-order valence-electron chi connectivity index (χ3n) is 0.406. The minimum atomic E-state index is 0. The average Bonchev–Trinajstić information content (AvgIpc) is 1.76. The van der Waals surface area contributed by atoms with Gasteiger partial charge in [-0.3, -0.25) is 0 Å². The second-order valence-electron chi connectivity index (χ2n) is 0.761. The van der Waals surface area contributed by atoms with E-state index in [1.54, 1.807) is 18.7 Å². The van der Waals surface area contributed by atoms with Crippen LogP contribution in [0.4, 0.5) is 0 Å². The molecule has 0 saturated carbocycles. The molecular formula is C3H8AlLiN2. The van der Waals surface area contributed by atoms with Gasteiger partial charge in [-0.1, -0.05) is 0 Å². The fourth-order valence-electron chi connectivity index (χ4n) is 0.215. The van der Waals surface area contributed by atoms with Crippen molar-refractivity contribution in [3.63, 3.8) is 0 Å². The van der Waals surface area contributed by atoms with E-state index in [2.05, 4.69) is 9.97 Å². The Bertz CT molecular complexity index is 69.4. The van der Waals surface area contributed by atoms with Gasteiger partial charge in [0.25, 0.3) is 0 Å². The Morgan fingerprint density at radius 3 is 2.29 bits per heavy atom. The Kier molecular flexibility index (Phi) is 9.37. The Morgan fingerprint density at radius 2 is 2.14 bits per heavy atom. The summed E-state index contributed by atoms with van der Waals surface area (Å²) in [5.74, 6) is 0. The van der Waals surface area contributed by atoms with Gasteiger partial charge in [-0.15, -0.1) is 0 Å². The molecule has 7 heavy (non-hydrogen) atoms. The number of rotatable bonds is 0. The molecule has 1 aromatic heterocycles. The zero-order valence-electron chi connectivity index (χ0n) is 2.68. The van der Waals surface area contributed by atoms with Crippen molar-refractivity contribution in [1.29, 1.82) is 0 Å². The van der Waals surface area contributed by atoms with Gasteiger partial charge in [-0.25, -0.2) is 4.98 Å². The predicted octanol–water partition coefficient (Wildman–Crippen LogP) is -1.42. The molecule has 0 radical (unpaired) electrons. The van der Waals surface area contributed by atoms with Gasteiger partial charge in [0.15, 0.2) is 17.4 Å². The SMILES string of the molecule is [AlH3].[LiH].c1c[nH]cn1. The van der Waals surface area contributed by atoms with E-state index < -0.39 is 0 Å². The molecule has 0 unspecified atom stereocenters. The van der Waals surface area contributed by atoms with Gasteiger partial charge in [0.2, 0.25) is 0 Å². The van der Waals surface area contributed by atoms with Gasteiger partial charge in [0.1, 0.15) is 0 Å². The van der Waals surface area contributed by atoms with Crippen molar-refractivity contribution in [1.82, 2.24) is 9.97 Å². The van der Waals surface area contributed by atoms with E-state index in [4.69, 9.17) is 0 Å². The van der Waals surface area contributed by atoms with E-state index in [-0.39, 0.29) is 36.2 Å². The molecule has 0 fully saturated rings. The molecule has 1 N–H and O–H groups in total. The number of nitrogens with one attached hydrogen (secondary N) is 1. The summed E-state index contributed by atoms with van der Waals surface area (Å²) in [4.78, 5) is 6.42. The standard InChI is InChI=1S/C3H4N2.Al.Li.4H/c1-2-5-3-4-1;;;;;;/h1-3H,(H,4,5);;;;;;. The first-order valence-corrected chi connectivity index (χ1v) is 1.43. The molecule has 0 aliphatic heterocycles. The van der Waals surface area contributed by atoms with Gasteiger partial charge < -0.3 is 4.98 Å². The van der Waals surface area contributed by atoms with Crippen molar-refractivity contribution < 1.29 is 0 Å². The van der Waals surface area contributed by atoms with Crippen molar-refractivity contribution in [3.05, 3.63) is 18.7 Å². The van der Waals surface area contributed by atoms with Gasteiger partial charge in [-0.05, 0) is 0 Å². The van der Waals surface area contributed by atoms with E-state index in [1.807, 2.05) is 0 Å². The van der Waals surface area contributed by atoms with Crippen LogP contribution in [0.15, 0.2) is 18.7 Å². The van der Waals surface area contributed by atoms with Gasteiger partial charge in [0.05, 0.1) is 6.33 Å². The molecule has 2 nitrogen and oxygen atoms in total. The normalized spacial score (nSPS) is 5.71. The number of imidazole rings is 1. The van der Waals surface area contributed by atoms with Crippen LogP contribution in [0.2, 0.25) is 0 Å². The Morgan fingerprint density at radius 1 is 1.43 bits per heavy atom. The van der Waals surface area contributed by atoms with Crippen LogP contribution in [0.5, 0.6) is 0 Å². The molecule has 0 spiro atoms. The maximum atomic E-state index is 3.67. The zero-order valence-corrected chi connectivity index (χ0v) is 2.68. The minimum absolute atomic E-state index is 0. The molecular weight excluding hydrogens is 98.0 g/mol. The maximum absolute atomic E-state index is 3.67. The summed E-state index contributed by atoms with van der Waals surface area (Å²) in [7, 11) is 0. The van der Waals surface area contributed by atoms with Crippen molar-refractivity contribution in [2.24, 2.45) is 0 Å². The van der Waals surface area contributed by atoms with E-state index >= 15 is 0 Å². The molecule has 1 heterocycles. The molecule has 0 atom stereocenters. The molecule has 0 aliphatic carbocycles. The first-order valence-electron chi connectivity index (χ1n) is 1.43. The molecule has 0 amide bonds. The van der Waals surface area contributed by atoms with Crippen LogP contribution < -0.4 is 0 Å². The number of nitrogens with zero attached hydrogens (tertiary/aromatic N) is 1. The largest absolute Gasteiger partial charge is 0.351 e. The van der Waals surface area contributed by atoms with Gasteiger partial charge >= 0.3 is 18.9 Å². The zero-order chi connectivity index (χ0) is 3.54. The summed E-state index contributed by atoms with van der Waals surface area (Å²) in [5.41, 5.74) is 0. The number of aromatic nitrogens is 2. The summed E-state index contributed by atoms with van der Waals surface area (Å²) in [6.45, 7) is 0. The van der Waals surface area contributed by atoms with Crippen LogP contribution >= 0.6 is 0 Å². The molecule has 1 rings (SSSR count). The summed E-state index contributed by atoms with van der Waals surface area (Å²) in [6.07, 6.45) is 5.08. The fourth-order valence-corrected chi connectivity index (χ4v) is 0.215. The minimum Gasteiger partial charge on any atom is -0.351 e. The predicted molar refractivity (Wildman–Crippen MR) is 35.7 cm³/mol. The number of aromatic amines is 1. The second kappa shape index (κ2) is 6.34. The van der Waals surface area contributed by atoms with E-state index in [9.17, 15) is 0 Å². The molecule has 0 bridgehead atoms. The molecule has 0 aromatic carbocycles. The number of H-pyrrole nitrogens is 1. The van der Waals surface area contributed by atoms with Crippen LogP contribution in [0, 0.1) is 0 Å². The quantitative estimate of drug-likeness (QED) is 0.404.